The average molecular weight is 347 g/mol. The first-order valence-electron chi connectivity index (χ1n) is 8.06. The standard InChI is InChI=1S/C16H21N5O4/c1-10(22)13-5-14(20-19-13)16(23)17-6-11-8-25-9-15-12(11)7-18-21(15)3-4-24-2/h5,7,11H,3-4,6,8-9H2,1-2H3,(H,17,23)(H,19,20). The van der Waals surface area contributed by atoms with Crippen molar-refractivity contribution in [1.29, 1.82) is 0 Å². The number of H-pyrrole nitrogens is 1. The fourth-order valence-electron chi connectivity index (χ4n) is 2.78. The third kappa shape index (κ3) is 3.77. The molecule has 9 heteroatoms. The summed E-state index contributed by atoms with van der Waals surface area (Å²) in [5.74, 6) is -0.470. The Morgan fingerprint density at radius 2 is 2.36 bits per heavy atom. The van der Waals surface area contributed by atoms with Crippen LogP contribution in [0.4, 0.5) is 0 Å². The van der Waals surface area contributed by atoms with Gasteiger partial charge in [-0.1, -0.05) is 0 Å². The molecule has 9 nitrogen and oxygen atoms in total. The number of carbonyl (C=O) groups is 2. The molecule has 3 heterocycles. The monoisotopic (exact) mass is 347 g/mol. The third-order valence-electron chi connectivity index (χ3n) is 4.18. The first-order valence-corrected chi connectivity index (χ1v) is 8.06. The Kier molecular flexibility index (Phi) is 5.25. The summed E-state index contributed by atoms with van der Waals surface area (Å²) < 4.78 is 12.6. The molecule has 0 saturated heterocycles. The van der Waals surface area contributed by atoms with Crippen LogP contribution in [-0.2, 0) is 22.6 Å². The van der Waals surface area contributed by atoms with Crippen molar-refractivity contribution >= 4 is 11.7 Å². The Hall–Kier alpha value is -2.52. The van der Waals surface area contributed by atoms with E-state index in [9.17, 15) is 9.59 Å². The Labute approximate surface area is 144 Å². The number of Topliss-reactive ketones (excluding diaryl/α,β-unsaturated/α-hetero) is 1. The number of fused-ring (bicyclic) bond motifs is 1. The molecule has 1 atom stereocenters. The van der Waals surface area contributed by atoms with Crippen LogP contribution in [0.5, 0.6) is 0 Å². The first kappa shape index (κ1) is 17.3. The molecule has 1 aliphatic rings. The lowest BCUT2D eigenvalue weighted by Gasteiger charge is -2.23. The van der Waals surface area contributed by atoms with E-state index in [1.54, 1.807) is 7.11 Å². The number of methoxy groups -OCH3 is 1. The smallest absolute Gasteiger partial charge is 0.269 e. The number of rotatable bonds is 7. The van der Waals surface area contributed by atoms with Gasteiger partial charge in [0.2, 0.25) is 0 Å². The minimum absolute atomic E-state index is 0.0270. The van der Waals surface area contributed by atoms with Gasteiger partial charge >= 0.3 is 0 Å². The highest BCUT2D eigenvalue weighted by Gasteiger charge is 2.25. The number of hydrogen-bond donors (Lipinski definition) is 2. The molecule has 1 aliphatic heterocycles. The lowest BCUT2D eigenvalue weighted by Crippen LogP contribution is -2.32. The average Bonchev–Trinajstić information content (AvgIpc) is 3.25. The first-order chi connectivity index (χ1) is 12.1. The SMILES string of the molecule is COCCn1ncc2c1COCC2CNC(=O)c1cc(C(C)=O)n[nH]1. The van der Waals surface area contributed by atoms with Gasteiger partial charge in [0.25, 0.3) is 5.91 Å². The summed E-state index contributed by atoms with van der Waals surface area (Å²) in [7, 11) is 1.65. The molecule has 1 amide bonds. The van der Waals surface area contributed by atoms with Crippen LogP contribution in [0.25, 0.3) is 0 Å². The van der Waals surface area contributed by atoms with E-state index in [4.69, 9.17) is 9.47 Å². The van der Waals surface area contributed by atoms with Crippen molar-refractivity contribution in [3.8, 4) is 0 Å². The van der Waals surface area contributed by atoms with E-state index < -0.39 is 0 Å². The predicted octanol–water partition coefficient (Wildman–Crippen LogP) is 0.499. The molecule has 0 saturated carbocycles. The Balaban J connectivity index is 1.63. The number of hydrogen-bond acceptors (Lipinski definition) is 6. The van der Waals surface area contributed by atoms with Gasteiger partial charge in [-0.2, -0.15) is 10.2 Å². The minimum atomic E-state index is -0.307. The van der Waals surface area contributed by atoms with Crippen LogP contribution in [0.15, 0.2) is 12.3 Å². The van der Waals surface area contributed by atoms with Crippen molar-refractivity contribution in [2.24, 2.45) is 0 Å². The second-order valence-corrected chi connectivity index (χ2v) is 5.91. The molecule has 0 aromatic carbocycles. The van der Waals surface area contributed by atoms with E-state index in [1.807, 2.05) is 10.9 Å². The van der Waals surface area contributed by atoms with Gasteiger partial charge in [-0.25, -0.2) is 0 Å². The van der Waals surface area contributed by atoms with Gasteiger partial charge in [-0.15, -0.1) is 0 Å². The summed E-state index contributed by atoms with van der Waals surface area (Å²) in [5, 5.41) is 13.6. The molecule has 0 aliphatic carbocycles. The number of aromatic amines is 1. The van der Waals surface area contributed by atoms with Crippen molar-refractivity contribution in [1.82, 2.24) is 25.3 Å². The van der Waals surface area contributed by atoms with Crippen LogP contribution >= 0.6 is 0 Å². The number of carbonyl (C=O) groups excluding carboxylic acids is 2. The molecule has 2 aromatic rings. The van der Waals surface area contributed by atoms with Gasteiger partial charge in [-0.05, 0) is 6.07 Å². The number of ketones is 1. The Morgan fingerprint density at radius 1 is 1.52 bits per heavy atom. The van der Waals surface area contributed by atoms with E-state index in [-0.39, 0.29) is 29.0 Å². The zero-order valence-corrected chi connectivity index (χ0v) is 14.2. The van der Waals surface area contributed by atoms with Crippen molar-refractivity contribution < 1.29 is 19.1 Å². The number of nitrogens with one attached hydrogen (secondary N) is 2. The molecule has 2 aromatic heterocycles. The fraction of sp³-hybridized carbons (Fsp3) is 0.500. The lowest BCUT2D eigenvalue weighted by atomic mass is 9.98. The number of ether oxygens (including phenoxy) is 2. The van der Waals surface area contributed by atoms with Gasteiger partial charge in [0.05, 0.1) is 38.3 Å². The second kappa shape index (κ2) is 7.58. The van der Waals surface area contributed by atoms with Crippen LogP contribution in [0.1, 0.15) is 45.1 Å². The summed E-state index contributed by atoms with van der Waals surface area (Å²) in [6, 6.07) is 1.45. The molecule has 0 bridgehead atoms. The number of nitrogens with zero attached hydrogens (tertiary/aromatic N) is 3. The summed E-state index contributed by atoms with van der Waals surface area (Å²) >= 11 is 0. The van der Waals surface area contributed by atoms with Crippen LogP contribution in [0, 0.1) is 0 Å². The summed E-state index contributed by atoms with van der Waals surface area (Å²) in [6.07, 6.45) is 1.83. The highest BCUT2D eigenvalue weighted by Crippen LogP contribution is 2.26. The van der Waals surface area contributed by atoms with E-state index in [2.05, 4.69) is 20.6 Å². The van der Waals surface area contributed by atoms with Gasteiger partial charge < -0.3 is 14.8 Å². The summed E-state index contributed by atoms with van der Waals surface area (Å²) in [4.78, 5) is 23.5. The fourth-order valence-corrected chi connectivity index (χ4v) is 2.78. The molecule has 0 radical (unpaired) electrons. The van der Waals surface area contributed by atoms with Crippen molar-refractivity contribution in [3.63, 3.8) is 0 Å². The second-order valence-electron chi connectivity index (χ2n) is 5.91. The molecular formula is C16H21N5O4. The van der Waals surface area contributed by atoms with Crippen LogP contribution in [0.3, 0.4) is 0 Å². The highest BCUT2D eigenvalue weighted by atomic mass is 16.5. The molecule has 1 unspecified atom stereocenters. The largest absolute Gasteiger partial charge is 0.383 e. The van der Waals surface area contributed by atoms with Crippen molar-refractivity contribution in [3.05, 3.63) is 34.9 Å². The topological polar surface area (TPSA) is 111 Å². The highest BCUT2D eigenvalue weighted by molar-refractivity contribution is 5.97. The third-order valence-corrected chi connectivity index (χ3v) is 4.18. The molecule has 2 N–H and O–H groups in total. The minimum Gasteiger partial charge on any atom is -0.383 e. The van der Waals surface area contributed by atoms with Gasteiger partial charge in [0.15, 0.2) is 5.78 Å². The molecule has 0 fully saturated rings. The quantitative estimate of drug-likeness (QED) is 0.706. The van der Waals surface area contributed by atoms with Crippen LogP contribution < -0.4 is 5.32 Å². The summed E-state index contributed by atoms with van der Waals surface area (Å²) in [6.45, 7) is 4.08. The van der Waals surface area contributed by atoms with Crippen molar-refractivity contribution in [2.45, 2.75) is 26.0 Å². The number of aromatic nitrogens is 4. The molecule has 3 rings (SSSR count). The maximum absolute atomic E-state index is 12.2. The maximum Gasteiger partial charge on any atom is 0.269 e. The molecule has 134 valence electrons. The van der Waals surface area contributed by atoms with E-state index in [0.717, 1.165) is 11.3 Å². The van der Waals surface area contributed by atoms with Gasteiger partial charge in [0, 0.05) is 32.1 Å². The lowest BCUT2D eigenvalue weighted by molar-refractivity contribution is 0.0794. The number of amides is 1. The van der Waals surface area contributed by atoms with Gasteiger partial charge in [-0.3, -0.25) is 19.4 Å². The normalized spacial score (nSPS) is 16.5. The molecule has 25 heavy (non-hydrogen) atoms. The van der Waals surface area contributed by atoms with E-state index in [1.165, 1.54) is 13.0 Å². The Bertz CT molecular complexity index is 766. The van der Waals surface area contributed by atoms with Gasteiger partial charge in [0.1, 0.15) is 11.4 Å². The zero-order valence-electron chi connectivity index (χ0n) is 14.2. The zero-order chi connectivity index (χ0) is 17.8. The van der Waals surface area contributed by atoms with E-state index >= 15 is 0 Å². The summed E-state index contributed by atoms with van der Waals surface area (Å²) in [5.41, 5.74) is 2.60. The van der Waals surface area contributed by atoms with Crippen molar-refractivity contribution in [2.75, 3.05) is 26.9 Å². The van der Waals surface area contributed by atoms with Crippen LogP contribution in [-0.4, -0.2) is 58.5 Å². The van der Waals surface area contributed by atoms with Crippen LogP contribution in [0.2, 0.25) is 0 Å². The molecular weight excluding hydrogens is 326 g/mol. The maximum atomic E-state index is 12.2. The molecule has 0 spiro atoms. The van der Waals surface area contributed by atoms with E-state index in [0.29, 0.717) is 32.9 Å². The Morgan fingerprint density at radius 3 is 3.08 bits per heavy atom. The predicted molar refractivity (Wildman–Crippen MR) is 87.4 cm³/mol.